The van der Waals surface area contributed by atoms with E-state index in [1.165, 1.54) is 12.1 Å². The standard InChI is InChI=1S/C12H11AsF2NO2/c14-8-1-2-9(10(15)4-8)12-6-18-11(17)3-7(12)5-13-16-12/h1-2,4,7,16H,3,5-6H2/t7-,12-/m0/s1. The van der Waals surface area contributed by atoms with Crippen molar-refractivity contribution in [3.63, 3.8) is 0 Å². The van der Waals surface area contributed by atoms with Crippen molar-refractivity contribution in [3.8, 4) is 0 Å². The van der Waals surface area contributed by atoms with E-state index in [0.29, 0.717) is 12.0 Å². The van der Waals surface area contributed by atoms with Gasteiger partial charge in [-0.2, -0.15) is 0 Å². The first-order chi connectivity index (χ1) is 8.62. The Morgan fingerprint density at radius 2 is 2.28 bits per heavy atom. The fraction of sp³-hybridized carbons (Fsp3) is 0.417. The molecule has 6 heteroatoms. The molecule has 0 aliphatic carbocycles. The van der Waals surface area contributed by atoms with Gasteiger partial charge in [0.25, 0.3) is 0 Å². The van der Waals surface area contributed by atoms with Gasteiger partial charge in [-0.1, -0.05) is 0 Å². The van der Waals surface area contributed by atoms with Gasteiger partial charge >= 0.3 is 110 Å². The second-order valence-electron chi connectivity index (χ2n) is 4.61. The van der Waals surface area contributed by atoms with E-state index in [1.807, 2.05) is 0 Å². The Morgan fingerprint density at radius 1 is 1.44 bits per heavy atom. The Hall–Kier alpha value is -0.932. The van der Waals surface area contributed by atoms with Crippen molar-refractivity contribution in [2.75, 3.05) is 6.61 Å². The Bertz CT molecular complexity index is 511. The molecule has 2 aliphatic heterocycles. The molecule has 0 saturated carbocycles. The summed E-state index contributed by atoms with van der Waals surface area (Å²) in [6, 6.07) is 3.58. The molecule has 3 nitrogen and oxygen atoms in total. The Balaban J connectivity index is 2.05. The van der Waals surface area contributed by atoms with Crippen molar-refractivity contribution < 1.29 is 18.3 Å². The quantitative estimate of drug-likeness (QED) is 0.628. The molecule has 0 aromatic heterocycles. The molecule has 1 N–H and O–H groups in total. The molecule has 0 spiro atoms. The second-order valence-corrected chi connectivity index (χ2v) is 6.51. The van der Waals surface area contributed by atoms with Gasteiger partial charge in [0, 0.05) is 0 Å². The van der Waals surface area contributed by atoms with Crippen molar-refractivity contribution in [1.29, 1.82) is 0 Å². The number of cyclic esters (lactones) is 1. The van der Waals surface area contributed by atoms with E-state index in [-0.39, 0.29) is 34.5 Å². The average Bonchev–Trinajstić information content (AvgIpc) is 2.72. The summed E-state index contributed by atoms with van der Waals surface area (Å²) in [5.74, 6) is -1.35. The van der Waals surface area contributed by atoms with Gasteiger partial charge in [0.05, 0.1) is 0 Å². The summed E-state index contributed by atoms with van der Waals surface area (Å²) in [5.41, 5.74) is -0.236. The summed E-state index contributed by atoms with van der Waals surface area (Å²) >= 11 is -0.125. The summed E-state index contributed by atoms with van der Waals surface area (Å²) in [6.07, 6.45) is 0.305. The van der Waals surface area contributed by atoms with Crippen LogP contribution in [0, 0.1) is 17.6 Å². The zero-order valence-corrected chi connectivity index (χ0v) is 11.3. The monoisotopic (exact) mass is 314 g/mol. The first kappa shape index (κ1) is 12.1. The maximum atomic E-state index is 14.0. The SMILES string of the molecule is O=C1C[C@H]2C[As]N[C@@]2(c2ccc(F)cc2F)CO1. The van der Waals surface area contributed by atoms with E-state index in [0.717, 1.165) is 11.3 Å². The van der Waals surface area contributed by atoms with Crippen LogP contribution in [0.25, 0.3) is 0 Å². The van der Waals surface area contributed by atoms with Gasteiger partial charge in [0.15, 0.2) is 0 Å². The number of nitrogens with one attached hydrogen (secondary N) is 1. The minimum absolute atomic E-state index is 0.0544. The number of fused-ring (bicyclic) bond motifs is 1. The Morgan fingerprint density at radius 3 is 3.06 bits per heavy atom. The van der Waals surface area contributed by atoms with Gasteiger partial charge in [0.2, 0.25) is 0 Å². The number of hydrogen-bond acceptors (Lipinski definition) is 3. The van der Waals surface area contributed by atoms with E-state index in [1.54, 1.807) is 0 Å². The molecule has 2 fully saturated rings. The Labute approximate surface area is 110 Å². The van der Waals surface area contributed by atoms with E-state index in [4.69, 9.17) is 4.74 Å². The third-order valence-electron chi connectivity index (χ3n) is 3.57. The van der Waals surface area contributed by atoms with Crippen molar-refractivity contribution in [1.82, 2.24) is 4.23 Å². The van der Waals surface area contributed by atoms with Gasteiger partial charge in [-0.25, -0.2) is 0 Å². The van der Waals surface area contributed by atoms with Crippen LogP contribution in [0.5, 0.6) is 0 Å². The van der Waals surface area contributed by atoms with Crippen LogP contribution in [0.2, 0.25) is 5.21 Å². The van der Waals surface area contributed by atoms with Crippen LogP contribution in [0.3, 0.4) is 0 Å². The van der Waals surface area contributed by atoms with Crippen molar-refractivity contribution >= 4 is 21.9 Å². The molecule has 1 aromatic rings. The minimum atomic E-state index is -0.647. The second kappa shape index (κ2) is 4.32. The number of rotatable bonds is 1. The van der Waals surface area contributed by atoms with Crippen LogP contribution in [0.1, 0.15) is 12.0 Å². The predicted molar refractivity (Wildman–Crippen MR) is 60.8 cm³/mol. The van der Waals surface area contributed by atoms with Gasteiger partial charge in [-0.05, 0) is 0 Å². The fourth-order valence-corrected chi connectivity index (χ4v) is 5.54. The molecule has 0 bridgehead atoms. The predicted octanol–water partition coefficient (Wildman–Crippen LogP) is 1.36. The number of esters is 1. The first-order valence-electron chi connectivity index (χ1n) is 5.67. The van der Waals surface area contributed by atoms with Crippen molar-refractivity contribution in [2.45, 2.75) is 17.2 Å². The van der Waals surface area contributed by atoms with Crippen LogP contribution in [0.15, 0.2) is 18.2 Å². The maximum absolute atomic E-state index is 14.0. The van der Waals surface area contributed by atoms with E-state index in [9.17, 15) is 13.6 Å². The molecule has 2 heterocycles. The zero-order chi connectivity index (χ0) is 12.8. The van der Waals surface area contributed by atoms with Crippen LogP contribution in [-0.4, -0.2) is 28.6 Å². The van der Waals surface area contributed by atoms with Crippen LogP contribution in [-0.2, 0) is 15.1 Å². The molecular formula is C12H11AsF2NO2. The van der Waals surface area contributed by atoms with E-state index < -0.39 is 17.2 Å². The number of ether oxygens (including phenoxy) is 1. The van der Waals surface area contributed by atoms with Gasteiger partial charge in [-0.3, -0.25) is 0 Å². The van der Waals surface area contributed by atoms with Crippen LogP contribution in [0.4, 0.5) is 8.78 Å². The summed E-state index contributed by atoms with van der Waals surface area (Å²) in [5, 5.41) is 0.891. The number of carbonyl (C=O) groups excluding carboxylic acids is 1. The summed E-state index contributed by atoms with van der Waals surface area (Å²) in [7, 11) is 0. The van der Waals surface area contributed by atoms with Gasteiger partial charge in [0.1, 0.15) is 0 Å². The topological polar surface area (TPSA) is 38.3 Å². The molecule has 18 heavy (non-hydrogen) atoms. The molecule has 2 atom stereocenters. The molecule has 2 saturated heterocycles. The molecule has 1 radical (unpaired) electrons. The third-order valence-corrected chi connectivity index (χ3v) is 6.05. The third kappa shape index (κ3) is 1.77. The van der Waals surface area contributed by atoms with Crippen LogP contribution >= 0.6 is 0 Å². The first-order valence-corrected chi connectivity index (χ1v) is 7.93. The number of halogens is 2. The summed E-state index contributed by atoms with van der Waals surface area (Å²) < 4.78 is 35.3. The molecule has 0 unspecified atom stereocenters. The van der Waals surface area contributed by atoms with Gasteiger partial charge in [-0.15, -0.1) is 0 Å². The number of carbonyl (C=O) groups is 1. The van der Waals surface area contributed by atoms with Gasteiger partial charge < -0.3 is 0 Å². The molecular weight excluding hydrogens is 303 g/mol. The van der Waals surface area contributed by atoms with E-state index >= 15 is 0 Å². The molecule has 95 valence electrons. The summed E-state index contributed by atoms with van der Waals surface area (Å²) in [6.45, 7) is 0.134. The summed E-state index contributed by atoms with van der Waals surface area (Å²) in [4.78, 5) is 11.3. The molecule has 1 aromatic carbocycles. The average molecular weight is 314 g/mol. The van der Waals surface area contributed by atoms with E-state index in [2.05, 4.69) is 4.23 Å². The Kier molecular flexibility index (Phi) is 2.91. The van der Waals surface area contributed by atoms with Crippen molar-refractivity contribution in [3.05, 3.63) is 35.4 Å². The number of benzene rings is 1. The zero-order valence-electron chi connectivity index (χ0n) is 9.45. The fourth-order valence-electron chi connectivity index (χ4n) is 2.60. The molecule has 2 aliphatic rings. The number of hydrogen-bond donors (Lipinski definition) is 1. The normalized spacial score (nSPS) is 32.3. The van der Waals surface area contributed by atoms with Crippen molar-refractivity contribution in [2.24, 2.45) is 5.92 Å². The molecule has 3 rings (SSSR count). The molecule has 0 amide bonds. The van der Waals surface area contributed by atoms with Crippen LogP contribution < -0.4 is 4.23 Å².